The fourth-order valence-electron chi connectivity index (χ4n) is 5.28. The predicted molar refractivity (Wildman–Crippen MR) is 171 cm³/mol. The van der Waals surface area contributed by atoms with Crippen LogP contribution in [0.3, 0.4) is 0 Å². The van der Waals surface area contributed by atoms with E-state index in [1.54, 1.807) is 0 Å². The van der Waals surface area contributed by atoms with Crippen LogP contribution in [0.2, 0.25) is 0 Å². The molecule has 4 nitrogen and oxygen atoms in total. The van der Waals surface area contributed by atoms with Crippen LogP contribution in [-0.4, -0.2) is 8.42 Å². The average Bonchev–Trinajstić information content (AvgIpc) is 2.92. The second kappa shape index (κ2) is 12.5. The van der Waals surface area contributed by atoms with Crippen molar-refractivity contribution in [2.24, 2.45) is 0 Å². The number of nitrogens with one attached hydrogen (secondary N) is 1. The third-order valence-corrected chi connectivity index (χ3v) is 10.4. The molecule has 0 bridgehead atoms. The first-order chi connectivity index (χ1) is 19.2. The molecule has 1 atom stereocenters. The highest BCUT2D eigenvalue weighted by Gasteiger charge is 2.25. The molecule has 1 aliphatic carbocycles. The monoisotopic (exact) mass is 681 g/mol. The topological polar surface area (TPSA) is 55.4 Å². The molecule has 0 heterocycles. The van der Waals surface area contributed by atoms with Crippen molar-refractivity contribution in [3.63, 3.8) is 0 Å². The largest absolute Gasteiger partial charge is 0.487 e. The summed E-state index contributed by atoms with van der Waals surface area (Å²) in [6.07, 6.45) is 3.97. The van der Waals surface area contributed by atoms with Crippen LogP contribution in [0.4, 0.5) is 5.69 Å². The number of hydrogen-bond donors (Lipinski definition) is 1. The van der Waals surface area contributed by atoms with Gasteiger partial charge in [0.1, 0.15) is 12.4 Å². The Hall–Kier alpha value is -2.61. The van der Waals surface area contributed by atoms with Crippen LogP contribution in [0, 0.1) is 13.8 Å². The molecule has 7 heteroatoms. The van der Waals surface area contributed by atoms with Crippen molar-refractivity contribution < 1.29 is 13.2 Å². The molecular formula is C33H33Br2NO3S. The molecule has 40 heavy (non-hydrogen) atoms. The first-order valence-corrected chi connectivity index (χ1v) is 16.7. The zero-order valence-corrected chi connectivity index (χ0v) is 26.7. The Morgan fingerprint density at radius 2 is 1.57 bits per heavy atom. The van der Waals surface area contributed by atoms with Gasteiger partial charge in [-0.25, -0.2) is 8.42 Å². The van der Waals surface area contributed by atoms with Gasteiger partial charge < -0.3 is 4.74 Å². The van der Waals surface area contributed by atoms with Gasteiger partial charge in [-0.3, -0.25) is 4.72 Å². The quantitative estimate of drug-likeness (QED) is 0.192. The van der Waals surface area contributed by atoms with E-state index in [0.29, 0.717) is 18.0 Å². The molecule has 1 unspecified atom stereocenters. The predicted octanol–water partition coefficient (Wildman–Crippen LogP) is 9.01. The van der Waals surface area contributed by atoms with Crippen molar-refractivity contribution in [3.8, 4) is 5.75 Å². The summed E-state index contributed by atoms with van der Waals surface area (Å²) in [4.78, 5) is 0. The molecule has 4 aromatic rings. The van der Waals surface area contributed by atoms with E-state index in [1.165, 1.54) is 27.8 Å². The normalized spacial score (nSPS) is 14.9. The van der Waals surface area contributed by atoms with E-state index in [-0.39, 0.29) is 11.7 Å². The van der Waals surface area contributed by atoms with Gasteiger partial charge >= 0.3 is 0 Å². The van der Waals surface area contributed by atoms with Crippen LogP contribution in [0.1, 0.15) is 57.7 Å². The number of ether oxygens (including phenoxy) is 1. The molecule has 0 spiro atoms. The molecule has 5 rings (SSSR count). The molecule has 0 aromatic heterocycles. The lowest BCUT2D eigenvalue weighted by Crippen LogP contribution is -2.18. The highest BCUT2D eigenvalue weighted by molar-refractivity contribution is 9.11. The maximum absolute atomic E-state index is 13.3. The number of hydrogen-bond acceptors (Lipinski definition) is 3. The lowest BCUT2D eigenvalue weighted by atomic mass is 9.79. The maximum atomic E-state index is 13.3. The number of sulfonamides is 1. The van der Waals surface area contributed by atoms with Gasteiger partial charge in [-0.15, -0.1) is 0 Å². The molecule has 0 radical (unpaired) electrons. The highest BCUT2D eigenvalue weighted by Crippen LogP contribution is 2.41. The number of fused-ring (bicyclic) bond motifs is 1. The van der Waals surface area contributed by atoms with E-state index in [9.17, 15) is 8.42 Å². The third-order valence-electron chi connectivity index (χ3n) is 7.48. The van der Waals surface area contributed by atoms with Crippen molar-refractivity contribution in [2.45, 2.75) is 57.8 Å². The highest BCUT2D eigenvalue weighted by atomic mass is 79.9. The van der Waals surface area contributed by atoms with Crippen molar-refractivity contribution in [1.82, 2.24) is 0 Å². The zero-order chi connectivity index (χ0) is 28.3. The number of halogens is 2. The Morgan fingerprint density at radius 3 is 2.27 bits per heavy atom. The molecule has 1 aliphatic rings. The summed E-state index contributed by atoms with van der Waals surface area (Å²) in [6, 6.07) is 25.9. The summed E-state index contributed by atoms with van der Waals surface area (Å²) in [5.74, 6) is 0.753. The molecule has 0 saturated heterocycles. The summed E-state index contributed by atoms with van der Waals surface area (Å²) in [6.45, 7) is 4.50. The lowest BCUT2D eigenvalue weighted by Gasteiger charge is -2.28. The summed E-state index contributed by atoms with van der Waals surface area (Å²) in [5.41, 5.74) is 8.31. The smallest absolute Gasteiger partial charge is 0.237 e. The van der Waals surface area contributed by atoms with Gasteiger partial charge in [0, 0.05) is 8.95 Å². The van der Waals surface area contributed by atoms with Gasteiger partial charge in [0.15, 0.2) is 0 Å². The molecule has 4 aromatic carbocycles. The Balaban J connectivity index is 1.47. The minimum absolute atomic E-state index is 0.100. The minimum Gasteiger partial charge on any atom is -0.487 e. The third kappa shape index (κ3) is 7.17. The van der Waals surface area contributed by atoms with Crippen LogP contribution in [0.25, 0.3) is 0 Å². The van der Waals surface area contributed by atoms with Crippen molar-refractivity contribution >= 4 is 47.6 Å². The fourth-order valence-corrected chi connectivity index (χ4v) is 7.76. The molecule has 0 amide bonds. The van der Waals surface area contributed by atoms with E-state index in [0.717, 1.165) is 45.8 Å². The molecular weight excluding hydrogens is 650 g/mol. The fraction of sp³-hybridized carbons (Fsp3) is 0.273. The van der Waals surface area contributed by atoms with Crippen molar-refractivity contribution in [1.29, 1.82) is 0 Å². The second-order valence-electron chi connectivity index (χ2n) is 10.6. The van der Waals surface area contributed by atoms with Crippen LogP contribution in [0.5, 0.6) is 5.75 Å². The molecule has 208 valence electrons. The van der Waals surface area contributed by atoms with E-state index >= 15 is 0 Å². The van der Waals surface area contributed by atoms with Gasteiger partial charge in [0.25, 0.3) is 0 Å². The summed E-state index contributed by atoms with van der Waals surface area (Å²) < 4.78 is 37.9. The van der Waals surface area contributed by atoms with Gasteiger partial charge in [-0.1, -0.05) is 92.0 Å². The van der Waals surface area contributed by atoms with Crippen LogP contribution in [-0.2, 0) is 35.2 Å². The number of aryl methyl sites for hydroxylation is 2. The summed E-state index contributed by atoms with van der Waals surface area (Å²) in [5, 5.41) is 0. The van der Waals surface area contributed by atoms with Gasteiger partial charge in [-0.2, -0.15) is 0 Å². The molecule has 1 N–H and O–H groups in total. The molecule has 0 fully saturated rings. The number of rotatable bonds is 9. The first kappa shape index (κ1) is 28.9. The Labute approximate surface area is 254 Å². The Bertz CT molecular complexity index is 1580. The van der Waals surface area contributed by atoms with Crippen LogP contribution in [0.15, 0.2) is 87.8 Å². The van der Waals surface area contributed by atoms with Gasteiger partial charge in [-0.05, 0) is 103 Å². The standard InChI is InChI=1S/C33H33Br2NO3S/c1-22-11-13-24(14-12-22)20-39-33-18-28-10-6-9-27(15-26-16-30(34)23(2)31(35)17-26)29(28)19-32(33)36-40(37,38)21-25-7-4-3-5-8-25/h3-5,7-8,11-14,16-19,27,36H,6,9-10,15,20-21H2,1-2H3. The zero-order valence-electron chi connectivity index (χ0n) is 22.7. The average molecular weight is 684 g/mol. The van der Waals surface area contributed by atoms with E-state index in [4.69, 9.17) is 4.74 Å². The number of anilines is 1. The SMILES string of the molecule is Cc1ccc(COc2cc3c(cc2NS(=O)(=O)Cc2ccccc2)C(Cc2cc(Br)c(C)c(Br)c2)CCC3)cc1. The van der Waals surface area contributed by atoms with Crippen molar-refractivity contribution in [2.75, 3.05) is 4.72 Å². The van der Waals surface area contributed by atoms with E-state index in [1.807, 2.05) is 48.5 Å². The van der Waals surface area contributed by atoms with Crippen molar-refractivity contribution in [3.05, 3.63) is 127 Å². The summed E-state index contributed by atoms with van der Waals surface area (Å²) >= 11 is 7.38. The minimum atomic E-state index is -3.66. The van der Waals surface area contributed by atoms with E-state index < -0.39 is 10.0 Å². The Morgan fingerprint density at radius 1 is 0.875 bits per heavy atom. The number of benzene rings is 4. The van der Waals surface area contributed by atoms with Gasteiger partial charge in [0.2, 0.25) is 10.0 Å². The van der Waals surface area contributed by atoms with Crippen LogP contribution < -0.4 is 9.46 Å². The molecule has 0 saturated carbocycles. The van der Waals surface area contributed by atoms with Crippen LogP contribution >= 0.6 is 31.9 Å². The Kier molecular flexibility index (Phi) is 9.03. The summed E-state index contributed by atoms with van der Waals surface area (Å²) in [7, 11) is -3.66. The van der Waals surface area contributed by atoms with E-state index in [2.05, 4.69) is 80.8 Å². The van der Waals surface area contributed by atoms with Gasteiger partial charge in [0.05, 0.1) is 11.4 Å². The second-order valence-corrected chi connectivity index (χ2v) is 14.1. The maximum Gasteiger partial charge on any atom is 0.237 e. The first-order valence-electron chi connectivity index (χ1n) is 13.5. The molecule has 0 aliphatic heterocycles. The lowest BCUT2D eigenvalue weighted by molar-refractivity contribution is 0.307.